The number of benzene rings is 1. The summed E-state index contributed by atoms with van der Waals surface area (Å²) in [7, 11) is 0. The van der Waals surface area contributed by atoms with Crippen molar-refractivity contribution in [2.24, 2.45) is 0 Å². The summed E-state index contributed by atoms with van der Waals surface area (Å²) in [6, 6.07) is 10.4. The van der Waals surface area contributed by atoms with Gasteiger partial charge in [-0.1, -0.05) is 36.8 Å². The highest BCUT2D eigenvalue weighted by Gasteiger charge is 2.10. The predicted octanol–water partition coefficient (Wildman–Crippen LogP) is 5.28. The van der Waals surface area contributed by atoms with Gasteiger partial charge in [0.25, 0.3) is 0 Å². The van der Waals surface area contributed by atoms with Crippen molar-refractivity contribution in [2.75, 3.05) is 0 Å². The van der Waals surface area contributed by atoms with E-state index in [0.29, 0.717) is 5.92 Å². The van der Waals surface area contributed by atoms with Gasteiger partial charge in [0.05, 0.1) is 0 Å². The molecule has 0 amide bonds. The van der Waals surface area contributed by atoms with Crippen LogP contribution >= 0.6 is 0 Å². The molecule has 0 radical (unpaired) electrons. The van der Waals surface area contributed by atoms with Crippen molar-refractivity contribution < 1.29 is 4.42 Å². The molecule has 2 aromatic rings. The van der Waals surface area contributed by atoms with Gasteiger partial charge < -0.3 is 4.42 Å². The Labute approximate surface area is 103 Å². The fourth-order valence-electron chi connectivity index (χ4n) is 2.01. The van der Waals surface area contributed by atoms with Crippen molar-refractivity contribution in [3.8, 4) is 0 Å². The van der Waals surface area contributed by atoms with Crippen LogP contribution in [0.15, 0.2) is 46.4 Å². The molecule has 0 aliphatic rings. The molecular formula is C16H20O. The molecule has 0 aliphatic carbocycles. The second-order valence-electron chi connectivity index (χ2n) is 4.95. The zero-order valence-corrected chi connectivity index (χ0v) is 10.9. The van der Waals surface area contributed by atoms with Crippen LogP contribution in [0.2, 0.25) is 0 Å². The molecule has 1 heteroatoms. The normalized spacial score (nSPS) is 12.6. The third-order valence-corrected chi connectivity index (χ3v) is 3.08. The van der Waals surface area contributed by atoms with E-state index in [9.17, 15) is 0 Å². The SMILES string of the molecule is CC(C)=CCCC(C)c1cc2ccccc2o1. The summed E-state index contributed by atoms with van der Waals surface area (Å²) in [6.07, 6.45) is 4.56. The lowest BCUT2D eigenvalue weighted by atomic mass is 10.0. The second kappa shape index (κ2) is 5.22. The number of rotatable bonds is 4. The Morgan fingerprint density at radius 3 is 2.76 bits per heavy atom. The smallest absolute Gasteiger partial charge is 0.134 e. The molecule has 0 N–H and O–H groups in total. The lowest BCUT2D eigenvalue weighted by Gasteiger charge is -2.05. The van der Waals surface area contributed by atoms with E-state index in [-0.39, 0.29) is 0 Å². The second-order valence-corrected chi connectivity index (χ2v) is 4.95. The van der Waals surface area contributed by atoms with E-state index in [4.69, 9.17) is 4.42 Å². The Balaban J connectivity index is 2.08. The van der Waals surface area contributed by atoms with Crippen LogP contribution in [0.5, 0.6) is 0 Å². The number of fused-ring (bicyclic) bond motifs is 1. The fourth-order valence-corrected chi connectivity index (χ4v) is 2.01. The van der Waals surface area contributed by atoms with Gasteiger partial charge >= 0.3 is 0 Å². The maximum absolute atomic E-state index is 5.87. The first kappa shape index (κ1) is 12.0. The molecule has 1 aromatic carbocycles. The Hall–Kier alpha value is -1.50. The largest absolute Gasteiger partial charge is 0.461 e. The van der Waals surface area contributed by atoms with Crippen molar-refractivity contribution in [2.45, 2.75) is 39.5 Å². The number of allylic oxidation sites excluding steroid dienone is 2. The van der Waals surface area contributed by atoms with Crippen LogP contribution in [0, 0.1) is 0 Å². The average Bonchev–Trinajstić information content (AvgIpc) is 2.71. The third kappa shape index (κ3) is 3.00. The van der Waals surface area contributed by atoms with Crippen LogP contribution in [0.4, 0.5) is 0 Å². The van der Waals surface area contributed by atoms with Gasteiger partial charge in [-0.15, -0.1) is 0 Å². The van der Waals surface area contributed by atoms with Crippen LogP contribution in [-0.2, 0) is 0 Å². The number of hydrogen-bond acceptors (Lipinski definition) is 1. The van der Waals surface area contributed by atoms with Crippen molar-refractivity contribution >= 4 is 11.0 Å². The van der Waals surface area contributed by atoms with E-state index in [1.807, 2.05) is 12.1 Å². The van der Waals surface area contributed by atoms with Crippen molar-refractivity contribution in [3.05, 3.63) is 47.7 Å². The summed E-state index contributed by atoms with van der Waals surface area (Å²) in [4.78, 5) is 0. The molecule has 0 spiro atoms. The fraction of sp³-hybridized carbons (Fsp3) is 0.375. The van der Waals surface area contributed by atoms with Gasteiger partial charge in [-0.05, 0) is 38.8 Å². The Kier molecular flexibility index (Phi) is 3.68. The first-order valence-corrected chi connectivity index (χ1v) is 6.28. The maximum atomic E-state index is 5.87. The standard InChI is InChI=1S/C16H20O/c1-12(2)7-6-8-13(3)16-11-14-9-4-5-10-15(14)17-16/h4-5,7,9-11,13H,6,8H2,1-3H3. The lowest BCUT2D eigenvalue weighted by Crippen LogP contribution is -1.90. The van der Waals surface area contributed by atoms with Crippen LogP contribution in [0.1, 0.15) is 45.3 Å². The van der Waals surface area contributed by atoms with Gasteiger partial charge in [0.2, 0.25) is 0 Å². The molecule has 1 unspecified atom stereocenters. The van der Waals surface area contributed by atoms with Crippen LogP contribution < -0.4 is 0 Å². The molecule has 2 rings (SSSR count). The zero-order valence-electron chi connectivity index (χ0n) is 10.9. The summed E-state index contributed by atoms with van der Waals surface area (Å²) in [5, 5.41) is 1.21. The quantitative estimate of drug-likeness (QED) is 0.649. The van der Waals surface area contributed by atoms with Crippen molar-refractivity contribution in [3.63, 3.8) is 0 Å². The summed E-state index contributed by atoms with van der Waals surface area (Å²) >= 11 is 0. The van der Waals surface area contributed by atoms with Crippen LogP contribution in [-0.4, -0.2) is 0 Å². The van der Waals surface area contributed by atoms with E-state index in [1.165, 1.54) is 11.0 Å². The number of furan rings is 1. The summed E-state index contributed by atoms with van der Waals surface area (Å²) in [6.45, 7) is 6.52. The predicted molar refractivity (Wildman–Crippen MR) is 73.3 cm³/mol. The van der Waals surface area contributed by atoms with Gasteiger partial charge in [0.1, 0.15) is 11.3 Å². The van der Waals surface area contributed by atoms with E-state index in [1.54, 1.807) is 0 Å². The van der Waals surface area contributed by atoms with Gasteiger partial charge in [-0.2, -0.15) is 0 Å². The molecule has 0 saturated carbocycles. The van der Waals surface area contributed by atoms with E-state index in [0.717, 1.165) is 24.2 Å². The molecule has 1 aromatic heterocycles. The molecule has 1 atom stereocenters. The van der Waals surface area contributed by atoms with Crippen molar-refractivity contribution in [1.82, 2.24) is 0 Å². The molecule has 1 heterocycles. The minimum atomic E-state index is 0.484. The molecule has 0 bridgehead atoms. The van der Waals surface area contributed by atoms with E-state index >= 15 is 0 Å². The van der Waals surface area contributed by atoms with Gasteiger partial charge in [-0.3, -0.25) is 0 Å². The Morgan fingerprint density at radius 1 is 1.29 bits per heavy atom. The first-order chi connectivity index (χ1) is 8.16. The van der Waals surface area contributed by atoms with Crippen LogP contribution in [0.3, 0.4) is 0 Å². The molecular weight excluding hydrogens is 208 g/mol. The average molecular weight is 228 g/mol. The van der Waals surface area contributed by atoms with Gasteiger partial charge in [-0.25, -0.2) is 0 Å². The summed E-state index contributed by atoms with van der Waals surface area (Å²) in [5.41, 5.74) is 2.39. The van der Waals surface area contributed by atoms with Crippen molar-refractivity contribution in [1.29, 1.82) is 0 Å². The third-order valence-electron chi connectivity index (χ3n) is 3.08. The summed E-state index contributed by atoms with van der Waals surface area (Å²) in [5.74, 6) is 1.59. The number of hydrogen-bond donors (Lipinski definition) is 0. The van der Waals surface area contributed by atoms with Gasteiger partial charge in [0.15, 0.2) is 0 Å². The molecule has 0 fully saturated rings. The Bertz CT molecular complexity index is 482. The summed E-state index contributed by atoms with van der Waals surface area (Å²) < 4.78 is 5.87. The molecule has 1 nitrogen and oxygen atoms in total. The van der Waals surface area contributed by atoms with Gasteiger partial charge in [0, 0.05) is 11.3 Å². The molecule has 0 saturated heterocycles. The lowest BCUT2D eigenvalue weighted by molar-refractivity contribution is 0.491. The zero-order chi connectivity index (χ0) is 12.3. The minimum Gasteiger partial charge on any atom is -0.461 e. The van der Waals surface area contributed by atoms with Crippen LogP contribution in [0.25, 0.3) is 11.0 Å². The monoisotopic (exact) mass is 228 g/mol. The first-order valence-electron chi connectivity index (χ1n) is 6.28. The van der Waals surface area contributed by atoms with E-state index < -0.39 is 0 Å². The van der Waals surface area contributed by atoms with E-state index in [2.05, 4.69) is 45.0 Å². The highest BCUT2D eigenvalue weighted by Crippen LogP contribution is 2.27. The highest BCUT2D eigenvalue weighted by molar-refractivity contribution is 5.77. The topological polar surface area (TPSA) is 13.1 Å². The molecule has 0 aliphatic heterocycles. The Morgan fingerprint density at radius 2 is 2.06 bits per heavy atom. The minimum absolute atomic E-state index is 0.484. The molecule has 17 heavy (non-hydrogen) atoms. The molecule has 90 valence electrons. The maximum Gasteiger partial charge on any atom is 0.134 e. The number of para-hydroxylation sites is 1. The highest BCUT2D eigenvalue weighted by atomic mass is 16.3.